The summed E-state index contributed by atoms with van der Waals surface area (Å²) in [6.45, 7) is 13.3. The Morgan fingerprint density at radius 3 is 1.83 bits per heavy atom. The van der Waals surface area contributed by atoms with Gasteiger partial charge in [0, 0.05) is 26.2 Å². The van der Waals surface area contributed by atoms with Gasteiger partial charge in [0.1, 0.15) is 0 Å². The predicted octanol–water partition coefficient (Wildman–Crippen LogP) is 3.01. The molecule has 0 saturated heterocycles. The fourth-order valence-electron chi connectivity index (χ4n) is 2.94. The topological polar surface area (TPSA) is 84.0 Å². The number of esters is 1. The van der Waals surface area contributed by atoms with Crippen molar-refractivity contribution in [2.24, 2.45) is 11.8 Å². The zero-order valence-electron chi connectivity index (χ0n) is 18.3. The third-order valence-corrected chi connectivity index (χ3v) is 6.35. The van der Waals surface area contributed by atoms with Crippen LogP contribution in [0, 0.1) is 11.8 Å². The molecule has 0 aliphatic heterocycles. The highest BCUT2D eigenvalue weighted by atomic mass is 32.2. The lowest BCUT2D eigenvalue weighted by Crippen LogP contribution is -2.39. The molecule has 1 aromatic rings. The molecule has 0 aliphatic rings. The Balaban J connectivity index is 2.79. The van der Waals surface area contributed by atoms with Gasteiger partial charge in [0.2, 0.25) is 10.0 Å². The van der Waals surface area contributed by atoms with E-state index in [2.05, 4.69) is 0 Å². The van der Waals surface area contributed by atoms with Gasteiger partial charge in [-0.1, -0.05) is 41.5 Å². The van der Waals surface area contributed by atoms with Gasteiger partial charge >= 0.3 is 5.97 Å². The van der Waals surface area contributed by atoms with Crippen LogP contribution in [0.15, 0.2) is 29.2 Å². The molecule has 0 aliphatic carbocycles. The number of hydrogen-bond acceptors (Lipinski definition) is 5. The molecule has 0 spiro atoms. The van der Waals surface area contributed by atoms with Gasteiger partial charge in [0.05, 0.1) is 10.5 Å². The van der Waals surface area contributed by atoms with Crippen molar-refractivity contribution in [2.75, 3.05) is 32.8 Å². The first-order valence-electron chi connectivity index (χ1n) is 10.1. The largest absolute Gasteiger partial charge is 0.452 e. The molecule has 0 aromatic heterocycles. The fraction of sp³-hybridized carbons (Fsp3) is 0.619. The van der Waals surface area contributed by atoms with Crippen LogP contribution in [0.1, 0.15) is 51.9 Å². The summed E-state index contributed by atoms with van der Waals surface area (Å²) >= 11 is 0. The first-order chi connectivity index (χ1) is 13.5. The van der Waals surface area contributed by atoms with Crippen LogP contribution in [0.3, 0.4) is 0 Å². The molecule has 164 valence electrons. The monoisotopic (exact) mass is 426 g/mol. The lowest BCUT2D eigenvalue weighted by molar-refractivity contribution is -0.135. The standard InChI is InChI=1S/C21H34N2O5S/c1-7-23(8-2)29(26,27)19-11-9-18(10-12-19)21(25)28-15-20(24)22(13-16(3)4)14-17(5)6/h9-12,16-17H,7-8,13-15H2,1-6H3. The number of carbonyl (C=O) groups is 2. The number of amides is 1. The van der Waals surface area contributed by atoms with E-state index in [9.17, 15) is 18.0 Å². The van der Waals surface area contributed by atoms with Crippen LogP contribution in [0.2, 0.25) is 0 Å². The van der Waals surface area contributed by atoms with E-state index in [1.165, 1.54) is 28.6 Å². The zero-order chi connectivity index (χ0) is 22.2. The van der Waals surface area contributed by atoms with Crippen molar-refractivity contribution in [2.45, 2.75) is 46.4 Å². The molecule has 1 rings (SSSR count). The van der Waals surface area contributed by atoms with E-state index < -0.39 is 16.0 Å². The van der Waals surface area contributed by atoms with Gasteiger partial charge in [-0.2, -0.15) is 4.31 Å². The summed E-state index contributed by atoms with van der Waals surface area (Å²) in [5.41, 5.74) is 0.204. The quantitative estimate of drug-likeness (QED) is 0.508. The maximum Gasteiger partial charge on any atom is 0.338 e. The molecule has 0 unspecified atom stereocenters. The van der Waals surface area contributed by atoms with E-state index in [1.807, 2.05) is 27.7 Å². The van der Waals surface area contributed by atoms with Gasteiger partial charge in [-0.15, -0.1) is 0 Å². The molecule has 1 aromatic carbocycles. The molecule has 1 amide bonds. The highest BCUT2D eigenvalue weighted by Crippen LogP contribution is 2.16. The molecular weight excluding hydrogens is 392 g/mol. The Labute approximate surface area is 175 Å². The predicted molar refractivity (Wildman–Crippen MR) is 113 cm³/mol. The number of rotatable bonds is 11. The van der Waals surface area contributed by atoms with Crippen LogP contribution in [-0.2, 0) is 19.6 Å². The SMILES string of the molecule is CCN(CC)S(=O)(=O)c1ccc(C(=O)OCC(=O)N(CC(C)C)CC(C)C)cc1. The Hall–Kier alpha value is -1.93. The maximum atomic E-state index is 12.5. The minimum atomic E-state index is -3.58. The Morgan fingerprint density at radius 1 is 0.931 bits per heavy atom. The summed E-state index contributed by atoms with van der Waals surface area (Å²) in [6.07, 6.45) is 0. The van der Waals surface area contributed by atoms with Crippen LogP contribution in [0.5, 0.6) is 0 Å². The first-order valence-corrected chi connectivity index (χ1v) is 11.5. The summed E-state index contributed by atoms with van der Waals surface area (Å²) in [7, 11) is -3.58. The molecule has 29 heavy (non-hydrogen) atoms. The van der Waals surface area contributed by atoms with Gasteiger partial charge in [-0.25, -0.2) is 13.2 Å². The normalized spacial score (nSPS) is 11.9. The van der Waals surface area contributed by atoms with E-state index in [-0.39, 0.29) is 23.0 Å². The first kappa shape index (κ1) is 25.1. The maximum absolute atomic E-state index is 12.5. The molecule has 0 saturated carbocycles. The minimum Gasteiger partial charge on any atom is -0.452 e. The van der Waals surface area contributed by atoms with E-state index in [0.717, 1.165) is 0 Å². The Kier molecular flexibility index (Phi) is 9.79. The highest BCUT2D eigenvalue weighted by molar-refractivity contribution is 7.89. The summed E-state index contributed by atoms with van der Waals surface area (Å²) in [5.74, 6) is -0.261. The van der Waals surface area contributed by atoms with E-state index in [4.69, 9.17) is 4.74 Å². The molecule has 0 bridgehead atoms. The smallest absolute Gasteiger partial charge is 0.338 e. The third-order valence-electron chi connectivity index (χ3n) is 4.28. The molecule has 0 radical (unpaired) electrons. The second-order valence-corrected chi connectivity index (χ2v) is 9.71. The van der Waals surface area contributed by atoms with Crippen molar-refractivity contribution in [3.63, 3.8) is 0 Å². The molecule has 8 heteroatoms. The van der Waals surface area contributed by atoms with Gasteiger partial charge < -0.3 is 9.64 Å². The van der Waals surface area contributed by atoms with Crippen LogP contribution < -0.4 is 0 Å². The second kappa shape index (κ2) is 11.3. The Bertz CT molecular complexity index is 759. The average Bonchev–Trinajstić information content (AvgIpc) is 2.65. The van der Waals surface area contributed by atoms with Crippen molar-refractivity contribution >= 4 is 21.9 Å². The van der Waals surface area contributed by atoms with E-state index in [0.29, 0.717) is 38.0 Å². The fourth-order valence-corrected chi connectivity index (χ4v) is 4.40. The molecule has 0 fully saturated rings. The van der Waals surface area contributed by atoms with Gasteiger partial charge in [0.25, 0.3) is 5.91 Å². The van der Waals surface area contributed by atoms with Crippen molar-refractivity contribution in [1.82, 2.24) is 9.21 Å². The molecular formula is C21H34N2O5S. The third kappa shape index (κ3) is 7.44. The van der Waals surface area contributed by atoms with Crippen LogP contribution in [0.4, 0.5) is 0 Å². The number of benzene rings is 1. The van der Waals surface area contributed by atoms with E-state index >= 15 is 0 Å². The molecule has 0 N–H and O–H groups in total. The lowest BCUT2D eigenvalue weighted by atomic mass is 10.1. The van der Waals surface area contributed by atoms with Crippen LogP contribution >= 0.6 is 0 Å². The van der Waals surface area contributed by atoms with Gasteiger partial charge in [0.15, 0.2) is 6.61 Å². The van der Waals surface area contributed by atoms with Crippen LogP contribution in [0.25, 0.3) is 0 Å². The molecule has 0 atom stereocenters. The highest BCUT2D eigenvalue weighted by Gasteiger charge is 2.22. The number of sulfonamides is 1. The molecule has 7 nitrogen and oxygen atoms in total. The molecule has 0 heterocycles. The van der Waals surface area contributed by atoms with Crippen molar-refractivity contribution in [1.29, 1.82) is 0 Å². The summed E-state index contributed by atoms with van der Waals surface area (Å²) in [6, 6.07) is 5.58. The van der Waals surface area contributed by atoms with Gasteiger partial charge in [-0.3, -0.25) is 4.79 Å². The Morgan fingerprint density at radius 2 is 1.41 bits per heavy atom. The van der Waals surface area contributed by atoms with E-state index in [1.54, 1.807) is 18.7 Å². The van der Waals surface area contributed by atoms with Crippen molar-refractivity contribution in [3.8, 4) is 0 Å². The number of ether oxygens (including phenoxy) is 1. The second-order valence-electron chi connectivity index (χ2n) is 7.78. The van der Waals surface area contributed by atoms with Crippen molar-refractivity contribution in [3.05, 3.63) is 29.8 Å². The van der Waals surface area contributed by atoms with Crippen molar-refractivity contribution < 1.29 is 22.7 Å². The summed E-state index contributed by atoms with van der Waals surface area (Å²) in [4.78, 5) is 26.5. The lowest BCUT2D eigenvalue weighted by Gasteiger charge is -2.26. The zero-order valence-corrected chi connectivity index (χ0v) is 19.2. The number of nitrogens with zero attached hydrogens (tertiary/aromatic N) is 2. The van der Waals surface area contributed by atoms with Crippen LogP contribution in [-0.4, -0.2) is 62.3 Å². The summed E-state index contributed by atoms with van der Waals surface area (Å²) in [5, 5.41) is 0. The van der Waals surface area contributed by atoms with Gasteiger partial charge in [-0.05, 0) is 36.1 Å². The minimum absolute atomic E-state index is 0.119. The number of carbonyl (C=O) groups excluding carboxylic acids is 2. The average molecular weight is 427 g/mol. The summed E-state index contributed by atoms with van der Waals surface area (Å²) < 4.78 is 31.5. The number of hydrogen-bond donors (Lipinski definition) is 0.